The Balaban J connectivity index is 2.49. The van der Waals surface area contributed by atoms with E-state index in [0.29, 0.717) is 0 Å². The van der Waals surface area contributed by atoms with Crippen LogP contribution in [0.5, 0.6) is 0 Å². The van der Waals surface area contributed by atoms with E-state index in [4.69, 9.17) is 0 Å². The first-order valence-corrected chi connectivity index (χ1v) is 5.08. The standard InChI is InChI=1S/C10H10BrN3/c1-7-3-4-8(5-12-7)10-9(11)6-14(2)13-10/h3-6H,1-2H3. The minimum atomic E-state index is 0.931. The van der Waals surface area contributed by atoms with E-state index in [1.165, 1.54) is 0 Å². The van der Waals surface area contributed by atoms with Crippen LogP contribution in [-0.2, 0) is 7.05 Å². The fraction of sp³-hybridized carbons (Fsp3) is 0.200. The van der Waals surface area contributed by atoms with Gasteiger partial charge in [-0.1, -0.05) is 0 Å². The van der Waals surface area contributed by atoms with Gasteiger partial charge in [-0.2, -0.15) is 5.10 Å². The lowest BCUT2D eigenvalue weighted by molar-refractivity contribution is 0.770. The van der Waals surface area contributed by atoms with Gasteiger partial charge in [0.2, 0.25) is 0 Å². The van der Waals surface area contributed by atoms with Gasteiger partial charge in [-0.3, -0.25) is 9.67 Å². The molecule has 2 rings (SSSR count). The Kier molecular flexibility index (Phi) is 2.37. The van der Waals surface area contributed by atoms with E-state index in [0.717, 1.165) is 21.4 Å². The predicted octanol–water partition coefficient (Wildman–Crippen LogP) is 2.55. The largest absolute Gasteiger partial charge is 0.274 e. The van der Waals surface area contributed by atoms with Gasteiger partial charge in [0.05, 0.1) is 4.47 Å². The van der Waals surface area contributed by atoms with E-state index < -0.39 is 0 Å². The minimum Gasteiger partial charge on any atom is -0.274 e. The summed E-state index contributed by atoms with van der Waals surface area (Å²) in [6.07, 6.45) is 3.76. The van der Waals surface area contributed by atoms with Crippen LogP contribution in [-0.4, -0.2) is 14.8 Å². The van der Waals surface area contributed by atoms with E-state index in [1.54, 1.807) is 4.68 Å². The smallest absolute Gasteiger partial charge is 0.108 e. The molecule has 0 amide bonds. The molecule has 0 radical (unpaired) electrons. The van der Waals surface area contributed by atoms with E-state index >= 15 is 0 Å². The third-order valence-corrected chi connectivity index (χ3v) is 2.55. The highest BCUT2D eigenvalue weighted by Gasteiger charge is 2.07. The number of nitrogens with zero attached hydrogens (tertiary/aromatic N) is 3. The van der Waals surface area contributed by atoms with Gasteiger partial charge in [0.25, 0.3) is 0 Å². The zero-order chi connectivity index (χ0) is 10.1. The Bertz CT molecular complexity index is 445. The van der Waals surface area contributed by atoms with Crippen LogP contribution in [0.2, 0.25) is 0 Å². The Morgan fingerprint density at radius 3 is 2.64 bits per heavy atom. The van der Waals surface area contributed by atoms with E-state index in [9.17, 15) is 0 Å². The van der Waals surface area contributed by atoms with Crippen molar-refractivity contribution in [1.29, 1.82) is 0 Å². The van der Waals surface area contributed by atoms with E-state index in [1.807, 2.05) is 38.5 Å². The van der Waals surface area contributed by atoms with Crippen molar-refractivity contribution in [3.8, 4) is 11.3 Å². The van der Waals surface area contributed by atoms with E-state index in [-0.39, 0.29) is 0 Å². The number of rotatable bonds is 1. The Hall–Kier alpha value is -1.16. The molecular formula is C10H10BrN3. The maximum absolute atomic E-state index is 4.34. The molecule has 0 aliphatic rings. The molecular weight excluding hydrogens is 242 g/mol. The maximum Gasteiger partial charge on any atom is 0.108 e. The number of pyridine rings is 1. The monoisotopic (exact) mass is 251 g/mol. The summed E-state index contributed by atoms with van der Waals surface area (Å²) in [4.78, 5) is 4.24. The van der Waals surface area contributed by atoms with Crippen molar-refractivity contribution in [3.05, 3.63) is 34.7 Å². The maximum atomic E-state index is 4.34. The van der Waals surface area contributed by atoms with Crippen LogP contribution in [0.25, 0.3) is 11.3 Å². The molecule has 72 valence electrons. The van der Waals surface area contributed by atoms with Gasteiger partial charge in [-0.25, -0.2) is 0 Å². The summed E-state index contributed by atoms with van der Waals surface area (Å²) in [5.74, 6) is 0. The summed E-state index contributed by atoms with van der Waals surface area (Å²) in [6, 6.07) is 4.01. The average molecular weight is 252 g/mol. The van der Waals surface area contributed by atoms with Crippen LogP contribution in [0, 0.1) is 6.92 Å². The predicted molar refractivity (Wildman–Crippen MR) is 58.9 cm³/mol. The fourth-order valence-corrected chi connectivity index (χ4v) is 1.87. The number of halogens is 1. The van der Waals surface area contributed by atoms with Gasteiger partial charge in [0.1, 0.15) is 5.69 Å². The lowest BCUT2D eigenvalue weighted by Gasteiger charge is -1.97. The molecule has 4 heteroatoms. The van der Waals surface area contributed by atoms with E-state index in [2.05, 4.69) is 26.0 Å². The molecule has 0 N–H and O–H groups in total. The summed E-state index contributed by atoms with van der Waals surface area (Å²) in [7, 11) is 1.90. The second-order valence-corrected chi connectivity index (χ2v) is 4.04. The van der Waals surface area contributed by atoms with Crippen molar-refractivity contribution in [3.63, 3.8) is 0 Å². The van der Waals surface area contributed by atoms with Crippen LogP contribution in [0.4, 0.5) is 0 Å². The van der Waals surface area contributed by atoms with Gasteiger partial charge in [0.15, 0.2) is 0 Å². The normalized spacial score (nSPS) is 10.5. The van der Waals surface area contributed by atoms with Crippen molar-refractivity contribution in [2.24, 2.45) is 7.05 Å². The first-order chi connectivity index (χ1) is 6.66. The van der Waals surface area contributed by atoms with Gasteiger partial charge in [0, 0.05) is 30.7 Å². The molecule has 2 aromatic rings. The molecule has 0 saturated carbocycles. The first kappa shape index (κ1) is 9.40. The number of hydrogen-bond donors (Lipinski definition) is 0. The lowest BCUT2D eigenvalue weighted by atomic mass is 10.2. The summed E-state index contributed by atoms with van der Waals surface area (Å²) < 4.78 is 2.77. The third-order valence-electron chi connectivity index (χ3n) is 1.97. The molecule has 2 aromatic heterocycles. The Morgan fingerprint density at radius 1 is 1.36 bits per heavy atom. The van der Waals surface area contributed by atoms with Crippen LogP contribution in [0.15, 0.2) is 29.0 Å². The van der Waals surface area contributed by atoms with Gasteiger partial charge < -0.3 is 0 Å². The summed E-state index contributed by atoms with van der Waals surface area (Å²) >= 11 is 3.46. The Morgan fingerprint density at radius 2 is 2.14 bits per heavy atom. The second kappa shape index (κ2) is 3.53. The molecule has 3 nitrogen and oxygen atoms in total. The van der Waals surface area contributed by atoms with Crippen LogP contribution < -0.4 is 0 Å². The zero-order valence-corrected chi connectivity index (χ0v) is 9.62. The Labute approximate surface area is 90.9 Å². The molecule has 0 saturated heterocycles. The van der Waals surface area contributed by atoms with Crippen LogP contribution >= 0.6 is 15.9 Å². The molecule has 0 spiro atoms. The zero-order valence-electron chi connectivity index (χ0n) is 8.03. The van der Waals surface area contributed by atoms with Crippen LogP contribution in [0.1, 0.15) is 5.69 Å². The molecule has 0 aliphatic heterocycles. The minimum absolute atomic E-state index is 0.931. The summed E-state index contributed by atoms with van der Waals surface area (Å²) in [6.45, 7) is 1.97. The highest BCUT2D eigenvalue weighted by molar-refractivity contribution is 9.10. The first-order valence-electron chi connectivity index (χ1n) is 4.29. The highest BCUT2D eigenvalue weighted by Crippen LogP contribution is 2.25. The topological polar surface area (TPSA) is 30.7 Å². The van der Waals surface area contributed by atoms with Crippen molar-refractivity contribution in [2.75, 3.05) is 0 Å². The number of aryl methyl sites for hydroxylation is 2. The molecule has 0 atom stereocenters. The number of hydrogen-bond acceptors (Lipinski definition) is 2. The third kappa shape index (κ3) is 1.70. The molecule has 14 heavy (non-hydrogen) atoms. The molecule has 0 aliphatic carbocycles. The molecule has 0 unspecified atom stereocenters. The van der Waals surface area contributed by atoms with Gasteiger partial charge in [-0.05, 0) is 35.0 Å². The quantitative estimate of drug-likeness (QED) is 0.780. The second-order valence-electron chi connectivity index (χ2n) is 3.19. The van der Waals surface area contributed by atoms with Crippen molar-refractivity contribution < 1.29 is 0 Å². The highest BCUT2D eigenvalue weighted by atomic mass is 79.9. The SMILES string of the molecule is Cc1ccc(-c2nn(C)cc2Br)cn1. The lowest BCUT2D eigenvalue weighted by Crippen LogP contribution is -1.88. The fourth-order valence-electron chi connectivity index (χ4n) is 1.26. The average Bonchev–Trinajstić information content (AvgIpc) is 2.47. The van der Waals surface area contributed by atoms with Crippen molar-refractivity contribution in [2.45, 2.75) is 6.92 Å². The molecule has 0 fully saturated rings. The van der Waals surface area contributed by atoms with Gasteiger partial charge >= 0.3 is 0 Å². The summed E-state index contributed by atoms with van der Waals surface area (Å²) in [5, 5.41) is 4.34. The van der Waals surface area contributed by atoms with Crippen molar-refractivity contribution >= 4 is 15.9 Å². The van der Waals surface area contributed by atoms with Gasteiger partial charge in [-0.15, -0.1) is 0 Å². The van der Waals surface area contributed by atoms with Crippen LogP contribution in [0.3, 0.4) is 0 Å². The molecule has 2 heterocycles. The van der Waals surface area contributed by atoms with Crippen molar-refractivity contribution in [1.82, 2.24) is 14.8 Å². The molecule has 0 aromatic carbocycles. The summed E-state index contributed by atoms with van der Waals surface area (Å²) in [5.41, 5.74) is 2.98. The number of aromatic nitrogens is 3. The molecule has 0 bridgehead atoms.